The Bertz CT molecular complexity index is 310. The minimum Gasteiger partial charge on any atom is -0.313 e. The molecule has 18 heavy (non-hydrogen) atoms. The van der Waals surface area contributed by atoms with Crippen molar-refractivity contribution < 1.29 is 0 Å². The van der Waals surface area contributed by atoms with Crippen molar-refractivity contribution in [3.63, 3.8) is 0 Å². The van der Waals surface area contributed by atoms with Crippen LogP contribution in [-0.2, 0) is 0 Å². The zero-order chi connectivity index (χ0) is 13.4. The summed E-state index contributed by atoms with van der Waals surface area (Å²) in [6, 6.07) is 11.5. The van der Waals surface area contributed by atoms with Gasteiger partial charge < -0.3 is 5.32 Å². The van der Waals surface area contributed by atoms with Gasteiger partial charge in [-0.1, -0.05) is 51.1 Å². The van der Waals surface area contributed by atoms with Crippen LogP contribution < -0.4 is 5.32 Å². The third kappa shape index (κ3) is 5.03. The first kappa shape index (κ1) is 15.6. The Hall–Kier alpha value is -0.470. The summed E-state index contributed by atoms with van der Waals surface area (Å²) in [7, 11) is 0. The van der Waals surface area contributed by atoms with Gasteiger partial charge in [0.2, 0.25) is 0 Å². The molecule has 0 amide bonds. The van der Waals surface area contributed by atoms with E-state index in [1.165, 1.54) is 17.7 Å². The largest absolute Gasteiger partial charge is 0.313 e. The molecule has 2 heteroatoms. The maximum Gasteiger partial charge on any atom is 0.0155 e. The second-order valence-corrected chi connectivity index (χ2v) is 6.14. The fourth-order valence-electron chi connectivity index (χ4n) is 2.25. The van der Waals surface area contributed by atoms with Gasteiger partial charge in [0.25, 0.3) is 0 Å². The predicted octanol–water partition coefficient (Wildman–Crippen LogP) is 4.16. The predicted molar refractivity (Wildman–Crippen MR) is 84.5 cm³/mol. The van der Waals surface area contributed by atoms with Crippen molar-refractivity contribution in [2.45, 2.75) is 39.2 Å². The molecule has 0 aliphatic carbocycles. The number of hydrogen-bond donors (Lipinski definition) is 1. The fraction of sp³-hybridized carbons (Fsp3) is 0.625. The third-order valence-corrected chi connectivity index (χ3v) is 4.26. The Morgan fingerprint density at radius 3 is 2.33 bits per heavy atom. The van der Waals surface area contributed by atoms with Crippen molar-refractivity contribution in [2.75, 3.05) is 18.6 Å². The topological polar surface area (TPSA) is 12.0 Å². The van der Waals surface area contributed by atoms with Crippen LogP contribution in [0.5, 0.6) is 0 Å². The molecular weight excluding hydrogens is 238 g/mol. The summed E-state index contributed by atoms with van der Waals surface area (Å²) in [6.45, 7) is 7.98. The van der Waals surface area contributed by atoms with Crippen LogP contribution in [0.3, 0.4) is 0 Å². The van der Waals surface area contributed by atoms with E-state index in [1.807, 2.05) is 11.8 Å². The van der Waals surface area contributed by atoms with Crippen molar-refractivity contribution >= 4 is 11.8 Å². The molecule has 0 bridgehead atoms. The smallest absolute Gasteiger partial charge is 0.0155 e. The van der Waals surface area contributed by atoms with Crippen LogP contribution in [-0.4, -0.2) is 24.6 Å². The van der Waals surface area contributed by atoms with Crippen molar-refractivity contribution in [3.05, 3.63) is 35.9 Å². The molecule has 0 heterocycles. The maximum atomic E-state index is 3.73. The summed E-state index contributed by atoms with van der Waals surface area (Å²) in [5.74, 6) is 2.49. The van der Waals surface area contributed by atoms with Crippen molar-refractivity contribution in [1.82, 2.24) is 5.32 Å². The van der Waals surface area contributed by atoms with Crippen LogP contribution in [0.2, 0.25) is 0 Å². The summed E-state index contributed by atoms with van der Waals surface area (Å²) in [5, 5.41) is 3.73. The van der Waals surface area contributed by atoms with E-state index in [-0.39, 0.29) is 0 Å². The van der Waals surface area contributed by atoms with Gasteiger partial charge in [-0.2, -0.15) is 11.8 Å². The molecule has 0 saturated heterocycles. The highest BCUT2D eigenvalue weighted by atomic mass is 32.2. The molecule has 2 unspecified atom stereocenters. The van der Waals surface area contributed by atoms with Gasteiger partial charge >= 0.3 is 0 Å². The summed E-state index contributed by atoms with van der Waals surface area (Å²) in [4.78, 5) is 0. The van der Waals surface area contributed by atoms with Gasteiger partial charge in [0.15, 0.2) is 0 Å². The van der Waals surface area contributed by atoms with E-state index in [0.717, 1.165) is 6.54 Å². The first-order chi connectivity index (χ1) is 8.69. The molecule has 0 spiro atoms. The number of nitrogens with one attached hydrogen (secondary N) is 1. The van der Waals surface area contributed by atoms with Gasteiger partial charge in [-0.15, -0.1) is 0 Å². The minimum atomic E-state index is 0.613. The lowest BCUT2D eigenvalue weighted by Crippen LogP contribution is -2.35. The minimum absolute atomic E-state index is 0.613. The monoisotopic (exact) mass is 265 g/mol. The zero-order valence-corrected chi connectivity index (χ0v) is 13.0. The van der Waals surface area contributed by atoms with Crippen LogP contribution >= 0.6 is 11.8 Å². The van der Waals surface area contributed by atoms with E-state index in [2.05, 4.69) is 62.7 Å². The molecule has 1 rings (SSSR count). The zero-order valence-electron chi connectivity index (χ0n) is 12.1. The number of hydrogen-bond acceptors (Lipinski definition) is 2. The summed E-state index contributed by atoms with van der Waals surface area (Å²) >= 11 is 1.93. The quantitative estimate of drug-likeness (QED) is 0.757. The molecule has 0 aromatic heterocycles. The van der Waals surface area contributed by atoms with E-state index in [1.54, 1.807) is 0 Å². The van der Waals surface area contributed by atoms with E-state index in [4.69, 9.17) is 0 Å². The molecule has 0 aliphatic rings. The molecular formula is C16H27NS. The highest BCUT2D eigenvalue weighted by molar-refractivity contribution is 7.98. The average Bonchev–Trinajstić information content (AvgIpc) is 2.38. The van der Waals surface area contributed by atoms with Gasteiger partial charge in [-0.05, 0) is 30.1 Å². The summed E-state index contributed by atoms with van der Waals surface area (Å²) in [5.41, 5.74) is 1.46. The Labute approximate surface area is 117 Å². The number of benzene rings is 1. The van der Waals surface area contributed by atoms with E-state index < -0.39 is 0 Å². The van der Waals surface area contributed by atoms with Crippen molar-refractivity contribution in [1.29, 1.82) is 0 Å². The Morgan fingerprint density at radius 1 is 1.17 bits per heavy atom. The maximum absolute atomic E-state index is 3.73. The number of thioether (sulfide) groups is 1. The molecule has 1 nitrogen and oxygen atoms in total. The van der Waals surface area contributed by atoms with E-state index in [9.17, 15) is 0 Å². The second-order valence-electron chi connectivity index (χ2n) is 5.23. The SMILES string of the molecule is CCC(CSC)NCC(c1ccccc1)C(C)C. The average molecular weight is 265 g/mol. The van der Waals surface area contributed by atoms with Gasteiger partial charge in [0, 0.05) is 18.3 Å². The van der Waals surface area contributed by atoms with Crippen LogP contribution in [0.1, 0.15) is 38.7 Å². The first-order valence-corrected chi connectivity index (χ1v) is 8.35. The van der Waals surface area contributed by atoms with Gasteiger partial charge in [0.05, 0.1) is 0 Å². The molecule has 102 valence electrons. The molecule has 0 fully saturated rings. The molecule has 1 aromatic carbocycles. The molecule has 0 radical (unpaired) electrons. The van der Waals surface area contributed by atoms with Gasteiger partial charge in [-0.25, -0.2) is 0 Å². The third-order valence-electron chi connectivity index (χ3n) is 3.52. The molecule has 1 aromatic rings. The molecule has 0 saturated carbocycles. The van der Waals surface area contributed by atoms with Crippen LogP contribution in [0, 0.1) is 5.92 Å². The van der Waals surface area contributed by atoms with Gasteiger partial charge in [0.1, 0.15) is 0 Å². The highest BCUT2D eigenvalue weighted by Gasteiger charge is 2.16. The Balaban J connectivity index is 2.59. The van der Waals surface area contributed by atoms with Crippen LogP contribution in [0.15, 0.2) is 30.3 Å². The first-order valence-electron chi connectivity index (χ1n) is 6.96. The lowest BCUT2D eigenvalue weighted by Gasteiger charge is -2.25. The van der Waals surface area contributed by atoms with Crippen molar-refractivity contribution in [2.24, 2.45) is 5.92 Å². The summed E-state index contributed by atoms with van der Waals surface area (Å²) < 4.78 is 0. The summed E-state index contributed by atoms with van der Waals surface area (Å²) in [6.07, 6.45) is 3.39. The standard InChI is InChI=1S/C16H27NS/c1-5-15(12-18-4)17-11-16(13(2)3)14-9-7-6-8-10-14/h6-10,13,15-17H,5,11-12H2,1-4H3. The number of rotatable bonds is 8. The normalized spacial score (nSPS) is 14.7. The highest BCUT2D eigenvalue weighted by Crippen LogP contribution is 2.23. The van der Waals surface area contributed by atoms with E-state index >= 15 is 0 Å². The van der Waals surface area contributed by atoms with Gasteiger partial charge in [-0.3, -0.25) is 0 Å². The van der Waals surface area contributed by atoms with Crippen molar-refractivity contribution in [3.8, 4) is 0 Å². The van der Waals surface area contributed by atoms with Crippen LogP contribution in [0.4, 0.5) is 0 Å². The molecule has 0 aliphatic heterocycles. The lowest BCUT2D eigenvalue weighted by atomic mass is 9.88. The Morgan fingerprint density at radius 2 is 1.83 bits per heavy atom. The lowest BCUT2D eigenvalue weighted by molar-refractivity contribution is 0.429. The Kier molecular flexibility index (Phi) is 7.45. The van der Waals surface area contributed by atoms with E-state index in [0.29, 0.717) is 17.9 Å². The second kappa shape index (κ2) is 8.60. The van der Waals surface area contributed by atoms with Crippen LogP contribution in [0.25, 0.3) is 0 Å². The fourth-order valence-corrected chi connectivity index (χ4v) is 3.01. The molecule has 1 N–H and O–H groups in total. The molecule has 2 atom stereocenters.